The Kier molecular flexibility index (Phi) is 6.66. The van der Waals surface area contributed by atoms with Crippen molar-refractivity contribution in [3.8, 4) is 0 Å². The number of nitrogens with one attached hydrogen (secondary N) is 2. The zero-order valence-corrected chi connectivity index (χ0v) is 20.2. The average Bonchev–Trinajstić information content (AvgIpc) is 2.84. The summed E-state index contributed by atoms with van der Waals surface area (Å²) in [6.07, 6.45) is 5.43. The van der Waals surface area contributed by atoms with E-state index in [1.54, 1.807) is 0 Å². The minimum absolute atomic E-state index is 0.0876. The van der Waals surface area contributed by atoms with E-state index in [4.69, 9.17) is 0 Å². The second kappa shape index (κ2) is 9.84. The van der Waals surface area contributed by atoms with Gasteiger partial charge in [-0.1, -0.05) is 29.8 Å². The summed E-state index contributed by atoms with van der Waals surface area (Å²) in [5, 5.41) is 6.00. The highest BCUT2D eigenvalue weighted by molar-refractivity contribution is 5.78. The van der Waals surface area contributed by atoms with Gasteiger partial charge in [0.1, 0.15) is 0 Å². The van der Waals surface area contributed by atoms with Crippen LogP contribution in [0, 0.1) is 18.8 Å². The normalized spacial score (nSPS) is 27.3. The topological polar surface area (TPSA) is 85.0 Å². The van der Waals surface area contributed by atoms with E-state index >= 15 is 0 Å². The van der Waals surface area contributed by atoms with Crippen molar-refractivity contribution in [3.63, 3.8) is 0 Å². The van der Waals surface area contributed by atoms with Gasteiger partial charge in [0.2, 0.25) is 5.91 Å². The summed E-state index contributed by atoms with van der Waals surface area (Å²) in [6.45, 7) is 6.22. The molecule has 0 radical (unpaired) electrons. The van der Waals surface area contributed by atoms with Crippen LogP contribution in [-0.4, -0.2) is 77.5 Å². The summed E-state index contributed by atoms with van der Waals surface area (Å²) >= 11 is 0. The molecule has 0 aromatic heterocycles. The third-order valence-corrected chi connectivity index (χ3v) is 8.12. The zero-order chi connectivity index (χ0) is 23.7. The number of benzene rings is 1. The van der Waals surface area contributed by atoms with Crippen LogP contribution in [0.15, 0.2) is 24.3 Å². The Balaban J connectivity index is 1.07. The van der Waals surface area contributed by atoms with Crippen LogP contribution in [0.5, 0.6) is 0 Å². The maximum atomic E-state index is 13.3. The van der Waals surface area contributed by atoms with Crippen molar-refractivity contribution in [2.75, 3.05) is 32.7 Å². The fourth-order valence-corrected chi connectivity index (χ4v) is 6.31. The number of piperidine rings is 4. The molecule has 3 atom stereocenters. The molecule has 34 heavy (non-hydrogen) atoms. The SMILES string of the molecule is Cc1ccc(CNC(=O)NC2CCN(C(=O)N3C[C@H]4C[C@H](C3)[C@H]3CCCC(=O)N3C4)CC2)cc1. The van der Waals surface area contributed by atoms with Crippen molar-refractivity contribution in [3.05, 3.63) is 35.4 Å². The van der Waals surface area contributed by atoms with Crippen LogP contribution in [0.25, 0.3) is 0 Å². The molecule has 4 aliphatic heterocycles. The first-order valence-corrected chi connectivity index (χ1v) is 12.9. The molecule has 0 unspecified atom stereocenters. The van der Waals surface area contributed by atoms with Gasteiger partial charge in [-0.05, 0) is 56.4 Å². The van der Waals surface area contributed by atoms with Crippen molar-refractivity contribution >= 4 is 18.0 Å². The maximum Gasteiger partial charge on any atom is 0.320 e. The molecule has 184 valence electrons. The van der Waals surface area contributed by atoms with E-state index in [0.29, 0.717) is 49.8 Å². The van der Waals surface area contributed by atoms with Gasteiger partial charge in [0.05, 0.1) is 0 Å². The molecular weight excluding hydrogens is 430 g/mol. The van der Waals surface area contributed by atoms with Gasteiger partial charge >= 0.3 is 12.1 Å². The largest absolute Gasteiger partial charge is 0.339 e. The molecule has 1 aromatic rings. The van der Waals surface area contributed by atoms with E-state index in [9.17, 15) is 14.4 Å². The molecule has 0 saturated carbocycles. The van der Waals surface area contributed by atoms with E-state index < -0.39 is 0 Å². The van der Waals surface area contributed by atoms with Gasteiger partial charge in [-0.2, -0.15) is 0 Å². The molecule has 4 heterocycles. The van der Waals surface area contributed by atoms with Crippen molar-refractivity contribution in [1.29, 1.82) is 0 Å². The summed E-state index contributed by atoms with van der Waals surface area (Å²) in [5.74, 6) is 1.12. The fourth-order valence-electron chi connectivity index (χ4n) is 6.31. The number of carbonyl (C=O) groups is 3. The van der Waals surface area contributed by atoms with Gasteiger partial charge in [0, 0.05) is 57.8 Å². The number of hydrogen-bond donors (Lipinski definition) is 2. The van der Waals surface area contributed by atoms with E-state index in [-0.39, 0.29) is 18.1 Å². The van der Waals surface area contributed by atoms with E-state index in [1.165, 1.54) is 5.56 Å². The third-order valence-electron chi connectivity index (χ3n) is 8.12. The first kappa shape index (κ1) is 23.0. The van der Waals surface area contributed by atoms with Gasteiger partial charge in [0.15, 0.2) is 0 Å². The molecule has 4 aliphatic rings. The zero-order valence-electron chi connectivity index (χ0n) is 20.2. The number of aryl methyl sites for hydroxylation is 1. The first-order valence-electron chi connectivity index (χ1n) is 12.9. The van der Waals surface area contributed by atoms with E-state index in [2.05, 4.69) is 15.5 Å². The molecule has 5 rings (SSSR count). The quantitative estimate of drug-likeness (QED) is 0.717. The molecule has 0 spiro atoms. The Morgan fingerprint density at radius 2 is 1.76 bits per heavy atom. The van der Waals surface area contributed by atoms with Crippen LogP contribution in [0.3, 0.4) is 0 Å². The van der Waals surface area contributed by atoms with Crippen molar-refractivity contribution in [2.24, 2.45) is 11.8 Å². The lowest BCUT2D eigenvalue weighted by molar-refractivity contribution is -0.144. The summed E-state index contributed by atoms with van der Waals surface area (Å²) in [4.78, 5) is 44.1. The highest BCUT2D eigenvalue weighted by Gasteiger charge is 2.45. The predicted octanol–water partition coefficient (Wildman–Crippen LogP) is 2.71. The Labute approximate surface area is 202 Å². The number of amides is 5. The molecule has 2 bridgehead atoms. The van der Waals surface area contributed by atoms with Crippen LogP contribution in [0.4, 0.5) is 9.59 Å². The number of carbonyl (C=O) groups excluding carboxylic acids is 3. The van der Waals surface area contributed by atoms with E-state index in [0.717, 1.165) is 57.3 Å². The van der Waals surface area contributed by atoms with Gasteiger partial charge in [-0.25, -0.2) is 9.59 Å². The number of fused-ring (bicyclic) bond motifs is 4. The third kappa shape index (κ3) is 5.00. The number of hydrogen-bond acceptors (Lipinski definition) is 3. The number of nitrogens with zero attached hydrogens (tertiary/aromatic N) is 3. The predicted molar refractivity (Wildman–Crippen MR) is 129 cm³/mol. The molecule has 8 heteroatoms. The van der Waals surface area contributed by atoms with Crippen LogP contribution >= 0.6 is 0 Å². The molecule has 1 aromatic carbocycles. The maximum absolute atomic E-state index is 13.3. The van der Waals surface area contributed by atoms with Crippen LogP contribution in [0.2, 0.25) is 0 Å². The highest BCUT2D eigenvalue weighted by atomic mass is 16.2. The summed E-state index contributed by atoms with van der Waals surface area (Å²) in [5.41, 5.74) is 2.28. The number of urea groups is 2. The minimum Gasteiger partial charge on any atom is -0.339 e. The van der Waals surface area contributed by atoms with Gasteiger partial charge in [-0.3, -0.25) is 4.79 Å². The van der Waals surface area contributed by atoms with Crippen LogP contribution in [-0.2, 0) is 11.3 Å². The van der Waals surface area contributed by atoms with Crippen molar-refractivity contribution < 1.29 is 14.4 Å². The van der Waals surface area contributed by atoms with Crippen molar-refractivity contribution in [2.45, 2.75) is 64.1 Å². The average molecular weight is 468 g/mol. The van der Waals surface area contributed by atoms with Crippen molar-refractivity contribution in [1.82, 2.24) is 25.3 Å². The van der Waals surface area contributed by atoms with Crippen LogP contribution < -0.4 is 10.6 Å². The Morgan fingerprint density at radius 1 is 1.00 bits per heavy atom. The lowest BCUT2D eigenvalue weighted by atomic mass is 9.76. The van der Waals surface area contributed by atoms with E-state index in [1.807, 2.05) is 41.0 Å². The van der Waals surface area contributed by atoms with Gasteiger partial charge in [0.25, 0.3) is 0 Å². The first-order chi connectivity index (χ1) is 16.5. The molecule has 0 aliphatic carbocycles. The molecule has 5 amide bonds. The summed E-state index contributed by atoms with van der Waals surface area (Å²) < 4.78 is 0. The summed E-state index contributed by atoms with van der Waals surface area (Å²) in [7, 11) is 0. The highest BCUT2D eigenvalue weighted by Crippen LogP contribution is 2.38. The molecular formula is C26H37N5O3. The minimum atomic E-state index is -0.152. The van der Waals surface area contributed by atoms with Gasteiger partial charge in [-0.15, -0.1) is 0 Å². The lowest BCUT2D eigenvalue weighted by Crippen LogP contribution is -2.62. The number of rotatable bonds is 3. The second-order valence-corrected chi connectivity index (χ2v) is 10.6. The lowest BCUT2D eigenvalue weighted by Gasteiger charge is -2.53. The monoisotopic (exact) mass is 467 g/mol. The standard InChI is InChI=1S/C26H37N5O3/c1-18-5-7-19(8-6-18)14-27-25(33)28-22-9-11-29(12-10-22)26(34)30-15-20-13-21(17-30)23-3-2-4-24(32)31(23)16-20/h5-8,20-23H,2-4,9-17H2,1H3,(H2,27,28,33)/t20-,21-,23-/m1/s1. The number of likely N-dealkylation sites (tertiary alicyclic amines) is 2. The fraction of sp³-hybridized carbons (Fsp3) is 0.654. The Hall–Kier alpha value is -2.77. The molecule has 4 fully saturated rings. The Bertz CT molecular complexity index is 912. The van der Waals surface area contributed by atoms with Gasteiger partial charge < -0.3 is 25.3 Å². The second-order valence-electron chi connectivity index (χ2n) is 10.6. The molecule has 8 nitrogen and oxygen atoms in total. The molecule has 2 N–H and O–H groups in total. The summed E-state index contributed by atoms with van der Waals surface area (Å²) in [6, 6.07) is 8.53. The molecule has 4 saturated heterocycles. The van der Waals surface area contributed by atoms with Crippen LogP contribution in [0.1, 0.15) is 49.7 Å². The Morgan fingerprint density at radius 3 is 2.53 bits per heavy atom. The smallest absolute Gasteiger partial charge is 0.320 e.